The maximum Gasteiger partial charge on any atom is 0.164 e. The minimum atomic E-state index is 0.584. The van der Waals surface area contributed by atoms with Crippen LogP contribution < -0.4 is 0 Å². The normalized spacial score (nSPS) is 12.1. The average molecular weight is 897 g/mol. The van der Waals surface area contributed by atoms with Gasteiger partial charge in [0.2, 0.25) is 0 Å². The smallest absolute Gasteiger partial charge is 0.164 e. The SMILES string of the molecule is c1ccc(-c2ccc(-c3nc(-c4ccc5c(c4)sc4ccccc45)nc(-c4cccc5oc6ccc7ccc(-n8c9cc%10ccccc%10cc9c9cc%10ccccc%10cc98)cc7c6c45)n3)cc2)cc1. The second-order valence-electron chi connectivity index (χ2n) is 18.0. The number of hydrogen-bond donors (Lipinski definition) is 0. The topological polar surface area (TPSA) is 56.7 Å². The third-order valence-electron chi connectivity index (χ3n) is 14.0. The van der Waals surface area contributed by atoms with Gasteiger partial charge in [-0.2, -0.15) is 0 Å². The van der Waals surface area contributed by atoms with Gasteiger partial charge in [0.25, 0.3) is 0 Å². The van der Waals surface area contributed by atoms with Crippen LogP contribution in [0.4, 0.5) is 0 Å². The van der Waals surface area contributed by atoms with Gasteiger partial charge in [0.15, 0.2) is 17.5 Å². The van der Waals surface area contributed by atoms with Crippen molar-refractivity contribution in [3.8, 4) is 51.0 Å². The van der Waals surface area contributed by atoms with Gasteiger partial charge in [-0.25, -0.2) is 15.0 Å². The van der Waals surface area contributed by atoms with E-state index in [1.165, 1.54) is 63.5 Å². The van der Waals surface area contributed by atoms with Gasteiger partial charge >= 0.3 is 0 Å². The lowest BCUT2D eigenvalue weighted by molar-refractivity contribution is 0.669. The Bertz CT molecular complexity index is 4510. The van der Waals surface area contributed by atoms with E-state index in [4.69, 9.17) is 19.4 Å². The molecule has 69 heavy (non-hydrogen) atoms. The Balaban J connectivity index is 0.963. The third-order valence-corrected chi connectivity index (χ3v) is 15.1. The fraction of sp³-hybridized carbons (Fsp3) is 0. The fourth-order valence-electron chi connectivity index (χ4n) is 10.7. The van der Waals surface area contributed by atoms with Crippen LogP contribution in [0.1, 0.15) is 0 Å². The van der Waals surface area contributed by atoms with E-state index in [-0.39, 0.29) is 0 Å². The maximum atomic E-state index is 6.78. The minimum absolute atomic E-state index is 0.584. The Hall–Kier alpha value is -8.97. The molecule has 15 aromatic rings. The van der Waals surface area contributed by atoms with E-state index in [1.54, 1.807) is 11.3 Å². The van der Waals surface area contributed by atoms with E-state index < -0.39 is 0 Å². The number of thiophene rings is 1. The van der Waals surface area contributed by atoms with Crippen LogP contribution in [0.15, 0.2) is 223 Å². The molecule has 320 valence electrons. The molecule has 0 radical (unpaired) electrons. The van der Waals surface area contributed by atoms with E-state index in [0.717, 1.165) is 66.2 Å². The standard InChI is InChI=1S/C63H36N4OS/c1-2-11-37(12-3-1)38-21-23-40(24-22-38)61-64-62(45-26-29-48-47-17-8-9-20-57(47)69-58(48)35-45)66-63(65-61)49-18-10-19-55-59(49)60-50-36-46(28-25-39(50)27-30-56(60)68-55)67-53-33-43-15-6-4-13-41(43)31-51(53)52-32-42-14-5-7-16-44(42)34-54(52)67/h1-36H. The van der Waals surface area contributed by atoms with Gasteiger partial charge in [0.05, 0.1) is 11.0 Å². The van der Waals surface area contributed by atoms with Crippen LogP contribution in [0.5, 0.6) is 0 Å². The van der Waals surface area contributed by atoms with Gasteiger partial charge in [0, 0.05) is 64.1 Å². The molecular formula is C63H36N4OS. The predicted molar refractivity (Wildman–Crippen MR) is 289 cm³/mol. The fourth-order valence-corrected chi connectivity index (χ4v) is 11.8. The van der Waals surface area contributed by atoms with Crippen molar-refractivity contribution in [1.82, 2.24) is 19.5 Å². The number of furan rings is 1. The molecule has 0 bridgehead atoms. The molecule has 0 amide bonds. The first-order chi connectivity index (χ1) is 34.1. The summed E-state index contributed by atoms with van der Waals surface area (Å²) in [4.78, 5) is 15.9. The van der Waals surface area contributed by atoms with Crippen molar-refractivity contribution in [2.24, 2.45) is 0 Å². The Labute approximate surface area is 398 Å². The second kappa shape index (κ2) is 14.8. The van der Waals surface area contributed by atoms with E-state index in [9.17, 15) is 0 Å². The van der Waals surface area contributed by atoms with Crippen LogP contribution in [0.25, 0.3) is 147 Å². The van der Waals surface area contributed by atoms with E-state index >= 15 is 0 Å². The lowest BCUT2D eigenvalue weighted by atomic mass is 9.99. The van der Waals surface area contributed by atoms with Crippen molar-refractivity contribution in [2.75, 3.05) is 0 Å². The van der Waals surface area contributed by atoms with Crippen LogP contribution in [-0.4, -0.2) is 19.5 Å². The molecule has 4 aromatic heterocycles. The summed E-state index contributed by atoms with van der Waals surface area (Å²) in [7, 11) is 0. The van der Waals surface area contributed by atoms with Gasteiger partial charge in [-0.3, -0.25) is 0 Å². The molecule has 0 aliphatic heterocycles. The van der Waals surface area contributed by atoms with Crippen molar-refractivity contribution in [3.05, 3.63) is 218 Å². The molecular weight excluding hydrogens is 861 g/mol. The Morgan fingerprint density at radius 1 is 0.333 bits per heavy atom. The average Bonchev–Trinajstić information content (AvgIpc) is 4.08. The summed E-state index contributed by atoms with van der Waals surface area (Å²) in [6.45, 7) is 0. The van der Waals surface area contributed by atoms with Gasteiger partial charge in [-0.05, 0) is 104 Å². The highest BCUT2D eigenvalue weighted by Gasteiger charge is 2.22. The summed E-state index contributed by atoms with van der Waals surface area (Å²) in [5.74, 6) is 1.81. The molecule has 11 aromatic carbocycles. The summed E-state index contributed by atoms with van der Waals surface area (Å²) in [6, 6.07) is 78.1. The van der Waals surface area contributed by atoms with Crippen molar-refractivity contribution in [3.63, 3.8) is 0 Å². The summed E-state index contributed by atoms with van der Waals surface area (Å²) in [5, 5.41) is 14.0. The summed E-state index contributed by atoms with van der Waals surface area (Å²) in [6.07, 6.45) is 0. The number of aromatic nitrogens is 4. The second-order valence-corrected chi connectivity index (χ2v) is 19.0. The van der Waals surface area contributed by atoms with Gasteiger partial charge in [-0.15, -0.1) is 11.3 Å². The predicted octanol–water partition coefficient (Wildman–Crippen LogP) is 17.4. The summed E-state index contributed by atoms with van der Waals surface area (Å²) < 4.78 is 11.7. The molecule has 0 unspecified atom stereocenters. The zero-order valence-corrected chi connectivity index (χ0v) is 37.7. The van der Waals surface area contributed by atoms with Crippen molar-refractivity contribution in [1.29, 1.82) is 0 Å². The highest BCUT2D eigenvalue weighted by molar-refractivity contribution is 7.25. The molecule has 15 rings (SSSR count). The molecule has 0 saturated heterocycles. The molecule has 0 N–H and O–H groups in total. The Kier molecular flexibility index (Phi) is 8.17. The molecule has 0 saturated carbocycles. The van der Waals surface area contributed by atoms with Crippen LogP contribution in [-0.2, 0) is 0 Å². The monoisotopic (exact) mass is 896 g/mol. The first kappa shape index (κ1) is 38.2. The number of nitrogens with zero attached hydrogens (tertiary/aromatic N) is 4. The summed E-state index contributed by atoms with van der Waals surface area (Å²) >= 11 is 1.79. The Morgan fingerprint density at radius 3 is 1.67 bits per heavy atom. The van der Waals surface area contributed by atoms with E-state index in [0.29, 0.717) is 17.5 Å². The highest BCUT2D eigenvalue weighted by atomic mass is 32.1. The van der Waals surface area contributed by atoms with Crippen molar-refractivity contribution < 1.29 is 4.42 Å². The maximum absolute atomic E-state index is 6.78. The lowest BCUT2D eigenvalue weighted by Crippen LogP contribution is -2.00. The van der Waals surface area contributed by atoms with Crippen LogP contribution in [0, 0.1) is 0 Å². The van der Waals surface area contributed by atoms with Gasteiger partial charge in [0.1, 0.15) is 11.2 Å². The number of fused-ring (bicyclic) bond motifs is 13. The molecule has 0 aliphatic rings. The lowest BCUT2D eigenvalue weighted by Gasteiger charge is -2.12. The largest absolute Gasteiger partial charge is 0.456 e. The van der Waals surface area contributed by atoms with Crippen molar-refractivity contribution >= 4 is 108 Å². The number of hydrogen-bond acceptors (Lipinski definition) is 5. The van der Waals surface area contributed by atoms with Crippen molar-refractivity contribution in [2.45, 2.75) is 0 Å². The zero-order chi connectivity index (χ0) is 45.2. The molecule has 0 spiro atoms. The molecule has 4 heterocycles. The number of rotatable bonds is 5. The van der Waals surface area contributed by atoms with Crippen LogP contribution in [0.2, 0.25) is 0 Å². The van der Waals surface area contributed by atoms with Gasteiger partial charge < -0.3 is 8.98 Å². The third kappa shape index (κ3) is 5.99. The van der Waals surface area contributed by atoms with Crippen LogP contribution in [0.3, 0.4) is 0 Å². The molecule has 5 nitrogen and oxygen atoms in total. The quantitative estimate of drug-likeness (QED) is 0.173. The first-order valence-electron chi connectivity index (χ1n) is 23.2. The molecule has 6 heteroatoms. The summed E-state index contributed by atoms with van der Waals surface area (Å²) in [5.41, 5.74) is 10.0. The number of benzene rings is 11. The van der Waals surface area contributed by atoms with Crippen LogP contribution >= 0.6 is 11.3 Å². The molecule has 0 fully saturated rings. The first-order valence-corrected chi connectivity index (χ1v) is 24.0. The zero-order valence-electron chi connectivity index (χ0n) is 36.9. The Morgan fingerprint density at radius 2 is 0.913 bits per heavy atom. The molecule has 0 aliphatic carbocycles. The minimum Gasteiger partial charge on any atom is -0.456 e. The van der Waals surface area contributed by atoms with Gasteiger partial charge in [-0.1, -0.05) is 158 Å². The highest BCUT2D eigenvalue weighted by Crippen LogP contribution is 2.43. The van der Waals surface area contributed by atoms with E-state index in [2.05, 4.69) is 211 Å². The molecule has 0 atom stereocenters. The van der Waals surface area contributed by atoms with E-state index in [1.807, 2.05) is 12.1 Å².